The number of benzene rings is 3. The number of anilines is 1. The van der Waals surface area contributed by atoms with Crippen LogP contribution in [0.2, 0.25) is 0 Å². The normalized spacial score (nSPS) is 16.8. The molecule has 0 N–H and O–H groups in total. The Morgan fingerprint density at radius 2 is 1.62 bits per heavy atom. The molecular weight excluding hydrogens is 321 g/mol. The maximum Gasteiger partial charge on any atom is 0.260 e. The highest BCUT2D eigenvalue weighted by molar-refractivity contribution is 7.99. The lowest BCUT2D eigenvalue weighted by Gasteiger charge is -2.36. The molecule has 1 aliphatic rings. The Balaban J connectivity index is 1.88. The molecule has 3 aromatic rings. The number of amides is 1. The van der Waals surface area contributed by atoms with Crippen LogP contribution in [0.5, 0.6) is 0 Å². The lowest BCUT2D eigenvalue weighted by molar-refractivity contribution is 0.0979. The van der Waals surface area contributed by atoms with Crippen molar-refractivity contribution in [2.24, 2.45) is 0 Å². The van der Waals surface area contributed by atoms with E-state index >= 15 is 0 Å². The van der Waals surface area contributed by atoms with E-state index in [9.17, 15) is 9.18 Å². The van der Waals surface area contributed by atoms with Crippen molar-refractivity contribution in [1.29, 1.82) is 0 Å². The first-order chi connectivity index (χ1) is 11.7. The Morgan fingerprint density at radius 1 is 0.875 bits per heavy atom. The first-order valence-electron chi connectivity index (χ1n) is 7.64. The number of halogens is 1. The molecule has 1 heterocycles. The Morgan fingerprint density at radius 3 is 2.42 bits per heavy atom. The predicted molar refractivity (Wildman–Crippen MR) is 94.7 cm³/mol. The second-order valence-electron chi connectivity index (χ2n) is 5.53. The summed E-state index contributed by atoms with van der Waals surface area (Å²) in [5, 5.41) is -0.226. The van der Waals surface area contributed by atoms with Crippen molar-refractivity contribution < 1.29 is 9.18 Å². The number of hydrogen-bond acceptors (Lipinski definition) is 2. The average molecular weight is 335 g/mol. The molecule has 0 saturated heterocycles. The highest BCUT2D eigenvalue weighted by atomic mass is 32.2. The first-order valence-corrected chi connectivity index (χ1v) is 8.52. The van der Waals surface area contributed by atoms with Gasteiger partial charge in [0.1, 0.15) is 11.2 Å². The zero-order valence-electron chi connectivity index (χ0n) is 12.7. The molecule has 0 saturated carbocycles. The summed E-state index contributed by atoms with van der Waals surface area (Å²) in [5.74, 6) is -0.459. The monoisotopic (exact) mass is 335 g/mol. The fraction of sp³-hybridized carbons (Fsp3) is 0.0500. The summed E-state index contributed by atoms with van der Waals surface area (Å²) in [6.07, 6.45) is 0. The first kappa shape index (κ1) is 15.0. The van der Waals surface area contributed by atoms with Gasteiger partial charge in [0.25, 0.3) is 5.91 Å². The maximum absolute atomic E-state index is 13.7. The van der Waals surface area contributed by atoms with E-state index in [2.05, 4.69) is 0 Å². The van der Waals surface area contributed by atoms with Crippen molar-refractivity contribution in [2.45, 2.75) is 10.3 Å². The van der Waals surface area contributed by atoms with E-state index in [1.807, 2.05) is 54.6 Å². The molecule has 1 atom stereocenters. The van der Waals surface area contributed by atoms with Gasteiger partial charge in [-0.3, -0.25) is 9.69 Å². The molecule has 1 amide bonds. The van der Waals surface area contributed by atoms with Crippen molar-refractivity contribution in [3.63, 3.8) is 0 Å². The number of carbonyl (C=O) groups excluding carboxylic acids is 1. The molecular formula is C20H14FNOS. The highest BCUT2D eigenvalue weighted by Gasteiger charge is 2.35. The largest absolute Gasteiger partial charge is 0.291 e. The third-order valence-corrected chi connectivity index (χ3v) is 5.30. The molecule has 24 heavy (non-hydrogen) atoms. The molecule has 1 unspecified atom stereocenters. The van der Waals surface area contributed by atoms with E-state index in [0.29, 0.717) is 11.3 Å². The fourth-order valence-electron chi connectivity index (χ4n) is 2.87. The molecule has 0 bridgehead atoms. The molecule has 3 aromatic carbocycles. The molecule has 1 aliphatic heterocycles. The summed E-state index contributed by atoms with van der Waals surface area (Å²) in [4.78, 5) is 15.7. The summed E-state index contributed by atoms with van der Waals surface area (Å²) in [5.41, 5.74) is 2.23. The number of thioether (sulfide) groups is 1. The molecule has 4 heteroatoms. The number of nitrogens with zero attached hydrogens (tertiary/aromatic N) is 1. The maximum atomic E-state index is 13.7. The zero-order chi connectivity index (χ0) is 16.5. The number of hydrogen-bond donors (Lipinski definition) is 0. The van der Waals surface area contributed by atoms with Crippen LogP contribution in [0, 0.1) is 5.82 Å². The molecule has 4 rings (SSSR count). The summed E-state index contributed by atoms with van der Waals surface area (Å²) >= 11 is 1.61. The Labute approximate surface area is 143 Å². The second-order valence-corrected chi connectivity index (χ2v) is 6.65. The smallest absolute Gasteiger partial charge is 0.260 e. The molecule has 0 spiro atoms. The molecule has 0 aliphatic carbocycles. The number of rotatable bonds is 2. The Hall–Kier alpha value is -2.59. The van der Waals surface area contributed by atoms with E-state index in [1.54, 1.807) is 28.8 Å². The van der Waals surface area contributed by atoms with Crippen LogP contribution in [0.4, 0.5) is 10.1 Å². The molecule has 118 valence electrons. The van der Waals surface area contributed by atoms with Gasteiger partial charge in [-0.2, -0.15) is 0 Å². The molecule has 0 radical (unpaired) electrons. The molecule has 2 nitrogen and oxygen atoms in total. The predicted octanol–water partition coefficient (Wildman–Crippen LogP) is 5.28. The number of carbonyl (C=O) groups is 1. The van der Waals surface area contributed by atoms with Crippen LogP contribution in [0.1, 0.15) is 21.3 Å². The third-order valence-electron chi connectivity index (χ3n) is 3.98. The second kappa shape index (κ2) is 6.13. The van der Waals surface area contributed by atoms with Crippen LogP contribution in [-0.4, -0.2) is 5.91 Å². The van der Waals surface area contributed by atoms with Gasteiger partial charge in [0.2, 0.25) is 0 Å². The summed E-state index contributed by atoms with van der Waals surface area (Å²) < 4.78 is 13.7. The standard InChI is InChI=1S/C20H14FNOS/c21-15-9-6-10-16(13-15)22-19(23)17-11-4-5-12-18(17)24-20(22)14-7-2-1-3-8-14/h1-13,20H. The summed E-state index contributed by atoms with van der Waals surface area (Å²) in [6, 6.07) is 23.6. The minimum absolute atomic E-state index is 0.108. The van der Waals surface area contributed by atoms with E-state index < -0.39 is 0 Å². The van der Waals surface area contributed by atoms with E-state index in [4.69, 9.17) is 0 Å². The average Bonchev–Trinajstić information content (AvgIpc) is 2.62. The van der Waals surface area contributed by atoms with Crippen molar-refractivity contribution in [1.82, 2.24) is 0 Å². The quantitative estimate of drug-likeness (QED) is 0.635. The van der Waals surface area contributed by atoms with Gasteiger partial charge < -0.3 is 0 Å². The van der Waals surface area contributed by atoms with E-state index in [-0.39, 0.29) is 17.1 Å². The van der Waals surface area contributed by atoms with Crippen LogP contribution >= 0.6 is 11.8 Å². The van der Waals surface area contributed by atoms with Gasteiger partial charge in [-0.15, -0.1) is 0 Å². The topological polar surface area (TPSA) is 20.3 Å². The van der Waals surface area contributed by atoms with Crippen LogP contribution in [-0.2, 0) is 0 Å². The Kier molecular flexibility index (Phi) is 3.82. The van der Waals surface area contributed by atoms with Gasteiger partial charge in [-0.25, -0.2) is 4.39 Å². The lowest BCUT2D eigenvalue weighted by atomic mass is 10.1. The van der Waals surface area contributed by atoms with Gasteiger partial charge in [0, 0.05) is 10.6 Å². The van der Waals surface area contributed by atoms with Crippen LogP contribution < -0.4 is 4.90 Å². The van der Waals surface area contributed by atoms with Crippen LogP contribution in [0.25, 0.3) is 0 Å². The fourth-order valence-corrected chi connectivity index (χ4v) is 4.16. The van der Waals surface area contributed by atoms with E-state index in [0.717, 1.165) is 10.5 Å². The van der Waals surface area contributed by atoms with Crippen LogP contribution in [0.3, 0.4) is 0 Å². The summed E-state index contributed by atoms with van der Waals surface area (Å²) in [7, 11) is 0. The highest BCUT2D eigenvalue weighted by Crippen LogP contribution is 2.46. The Bertz CT molecular complexity index is 897. The van der Waals surface area contributed by atoms with E-state index in [1.165, 1.54) is 12.1 Å². The minimum atomic E-state index is -0.351. The third kappa shape index (κ3) is 2.59. The lowest BCUT2D eigenvalue weighted by Crippen LogP contribution is -2.36. The summed E-state index contributed by atoms with van der Waals surface area (Å²) in [6.45, 7) is 0. The zero-order valence-corrected chi connectivity index (χ0v) is 13.5. The van der Waals surface area contributed by atoms with Crippen molar-refractivity contribution in [2.75, 3.05) is 4.90 Å². The van der Waals surface area contributed by atoms with Gasteiger partial charge in [0.15, 0.2) is 0 Å². The van der Waals surface area contributed by atoms with Crippen LogP contribution in [0.15, 0.2) is 83.8 Å². The van der Waals surface area contributed by atoms with Gasteiger partial charge in [-0.05, 0) is 35.9 Å². The number of fused-ring (bicyclic) bond motifs is 1. The van der Waals surface area contributed by atoms with Gasteiger partial charge in [-0.1, -0.05) is 60.3 Å². The van der Waals surface area contributed by atoms with Crippen molar-refractivity contribution >= 4 is 23.4 Å². The SMILES string of the molecule is O=C1c2ccccc2SC(c2ccccc2)N1c1cccc(F)c1. The van der Waals surface area contributed by atoms with Gasteiger partial charge in [0.05, 0.1) is 5.56 Å². The van der Waals surface area contributed by atoms with Gasteiger partial charge >= 0.3 is 0 Å². The van der Waals surface area contributed by atoms with Crippen molar-refractivity contribution in [3.8, 4) is 0 Å². The van der Waals surface area contributed by atoms with Crippen molar-refractivity contribution in [3.05, 3.63) is 95.8 Å². The molecule has 0 aromatic heterocycles. The minimum Gasteiger partial charge on any atom is -0.291 e. The molecule has 0 fully saturated rings.